The van der Waals surface area contributed by atoms with Crippen LogP contribution in [-0.2, 0) is 0 Å². The Hall–Kier alpha value is -1.99. The number of ether oxygens (including phenoxy) is 2. The minimum Gasteiger partial charge on any atom is -0.493 e. The minimum atomic E-state index is 0.0169. The summed E-state index contributed by atoms with van der Waals surface area (Å²) in [6, 6.07) is 7.90. The van der Waals surface area contributed by atoms with Crippen LogP contribution >= 0.6 is 0 Å². The van der Waals surface area contributed by atoms with E-state index in [-0.39, 0.29) is 6.61 Å². The predicted octanol–water partition coefficient (Wildman–Crippen LogP) is 2.61. The molecule has 0 amide bonds. The normalized spacial score (nSPS) is 12.1. The first-order valence-corrected chi connectivity index (χ1v) is 6.30. The first-order chi connectivity index (χ1) is 9.21. The highest BCUT2D eigenvalue weighted by Crippen LogP contribution is 2.28. The Balaban J connectivity index is 2.79. The number of methoxy groups -OCH3 is 1. The number of hydrogen-bond donors (Lipinski definition) is 1. The monoisotopic (exact) mass is 260 g/mol. The molecule has 0 radical (unpaired) electrons. The number of benzene rings is 1. The summed E-state index contributed by atoms with van der Waals surface area (Å²) in [4.78, 5) is 0. The fraction of sp³-hybridized carbons (Fsp3) is 0.400. The van der Waals surface area contributed by atoms with Crippen LogP contribution in [0.4, 0.5) is 0 Å². The molecule has 1 unspecified atom stereocenters. The molecule has 4 heteroatoms. The molecule has 102 valence electrons. The van der Waals surface area contributed by atoms with E-state index in [0.717, 1.165) is 12.1 Å². The van der Waals surface area contributed by atoms with Crippen LogP contribution < -0.4 is 14.8 Å². The van der Waals surface area contributed by atoms with E-state index in [9.17, 15) is 0 Å². The van der Waals surface area contributed by atoms with Crippen LogP contribution in [0.15, 0.2) is 24.3 Å². The van der Waals surface area contributed by atoms with E-state index in [2.05, 4.69) is 25.2 Å². The molecule has 0 aromatic heterocycles. The largest absolute Gasteiger partial charge is 0.493 e. The van der Waals surface area contributed by atoms with Crippen molar-refractivity contribution in [2.45, 2.75) is 19.9 Å². The number of rotatable bonds is 7. The molecule has 1 rings (SSSR count). The van der Waals surface area contributed by atoms with Gasteiger partial charge in [0, 0.05) is 6.04 Å². The van der Waals surface area contributed by atoms with E-state index in [1.165, 1.54) is 0 Å². The van der Waals surface area contributed by atoms with Crippen molar-refractivity contribution in [1.82, 2.24) is 5.32 Å². The summed E-state index contributed by atoms with van der Waals surface area (Å²) < 4.78 is 10.5. The second-order valence-corrected chi connectivity index (χ2v) is 4.06. The molecular formula is C15H20N2O2. The number of nitrogens with one attached hydrogen (secondary N) is 1. The second-order valence-electron chi connectivity index (χ2n) is 4.06. The summed E-state index contributed by atoms with van der Waals surface area (Å²) in [5.41, 5.74) is 1.03. The van der Waals surface area contributed by atoms with Crippen molar-refractivity contribution in [1.29, 1.82) is 5.26 Å². The third-order valence-electron chi connectivity index (χ3n) is 2.58. The van der Waals surface area contributed by atoms with Gasteiger partial charge in [0.25, 0.3) is 0 Å². The van der Waals surface area contributed by atoms with Crippen molar-refractivity contribution in [3.8, 4) is 17.6 Å². The van der Waals surface area contributed by atoms with E-state index >= 15 is 0 Å². The molecule has 1 atom stereocenters. The molecule has 0 aliphatic heterocycles. The van der Waals surface area contributed by atoms with Gasteiger partial charge in [0.2, 0.25) is 0 Å². The third kappa shape index (κ3) is 5.02. The summed E-state index contributed by atoms with van der Waals surface area (Å²) in [7, 11) is 1.59. The van der Waals surface area contributed by atoms with Crippen LogP contribution in [0.5, 0.6) is 11.5 Å². The predicted molar refractivity (Wildman–Crippen MR) is 76.3 cm³/mol. The van der Waals surface area contributed by atoms with Crippen molar-refractivity contribution in [2.75, 3.05) is 20.3 Å². The molecule has 0 aliphatic carbocycles. The summed E-state index contributed by atoms with van der Waals surface area (Å²) >= 11 is 0. The molecule has 0 saturated carbocycles. The number of nitrogens with zero attached hydrogens (tertiary/aromatic N) is 1. The standard InChI is InChI=1S/C15H20N2O2/c1-4-17-12(2)5-6-13-7-8-14(19-10-9-16)15(11-13)18-3/h5-8,11-12,17H,4,10H2,1-3H3/b6-5+. The lowest BCUT2D eigenvalue weighted by Gasteiger charge is -2.09. The van der Waals surface area contributed by atoms with Crippen molar-refractivity contribution in [3.05, 3.63) is 29.8 Å². The molecule has 1 aromatic carbocycles. The minimum absolute atomic E-state index is 0.0169. The Morgan fingerprint density at radius 1 is 1.42 bits per heavy atom. The molecular weight excluding hydrogens is 240 g/mol. The van der Waals surface area contributed by atoms with E-state index < -0.39 is 0 Å². The number of hydrogen-bond acceptors (Lipinski definition) is 4. The van der Waals surface area contributed by atoms with Gasteiger partial charge in [-0.25, -0.2) is 0 Å². The summed E-state index contributed by atoms with van der Waals surface area (Å²) in [5, 5.41) is 11.8. The Bertz CT molecular complexity index is 464. The molecule has 0 heterocycles. The van der Waals surface area contributed by atoms with Gasteiger partial charge in [0.05, 0.1) is 7.11 Å². The molecule has 1 N–H and O–H groups in total. The first-order valence-electron chi connectivity index (χ1n) is 6.30. The highest BCUT2D eigenvalue weighted by atomic mass is 16.5. The Morgan fingerprint density at radius 2 is 2.21 bits per heavy atom. The zero-order valence-electron chi connectivity index (χ0n) is 11.6. The van der Waals surface area contributed by atoms with E-state index in [4.69, 9.17) is 14.7 Å². The summed E-state index contributed by atoms with van der Waals surface area (Å²) in [6.07, 6.45) is 4.12. The molecule has 0 bridgehead atoms. The van der Waals surface area contributed by atoms with Gasteiger partial charge in [-0.1, -0.05) is 25.1 Å². The first kappa shape index (κ1) is 15.1. The van der Waals surface area contributed by atoms with Crippen molar-refractivity contribution >= 4 is 6.08 Å². The van der Waals surface area contributed by atoms with Gasteiger partial charge in [-0.3, -0.25) is 0 Å². The lowest BCUT2D eigenvalue weighted by atomic mass is 10.1. The van der Waals surface area contributed by atoms with Gasteiger partial charge in [-0.15, -0.1) is 0 Å². The maximum atomic E-state index is 8.51. The van der Waals surface area contributed by atoms with Crippen LogP contribution in [0.25, 0.3) is 6.08 Å². The van der Waals surface area contributed by atoms with Crippen LogP contribution in [0.1, 0.15) is 19.4 Å². The smallest absolute Gasteiger partial charge is 0.174 e. The number of likely N-dealkylation sites (N-methyl/N-ethyl adjacent to an activating group) is 1. The topological polar surface area (TPSA) is 54.3 Å². The average Bonchev–Trinajstić information content (AvgIpc) is 2.43. The zero-order valence-corrected chi connectivity index (χ0v) is 11.6. The lowest BCUT2D eigenvalue weighted by molar-refractivity contribution is 0.329. The zero-order chi connectivity index (χ0) is 14.1. The maximum absolute atomic E-state index is 8.51. The third-order valence-corrected chi connectivity index (χ3v) is 2.58. The SMILES string of the molecule is CCNC(C)/C=C/c1ccc(OCC#N)c(OC)c1. The van der Waals surface area contributed by atoms with Gasteiger partial charge < -0.3 is 14.8 Å². The van der Waals surface area contributed by atoms with Gasteiger partial charge in [0.15, 0.2) is 18.1 Å². The molecule has 1 aromatic rings. The summed E-state index contributed by atoms with van der Waals surface area (Å²) in [5.74, 6) is 1.22. The van der Waals surface area contributed by atoms with Gasteiger partial charge >= 0.3 is 0 Å². The van der Waals surface area contributed by atoms with Crippen molar-refractivity contribution in [3.63, 3.8) is 0 Å². The molecule has 0 saturated heterocycles. The van der Waals surface area contributed by atoms with Crippen LogP contribution in [-0.4, -0.2) is 26.3 Å². The average molecular weight is 260 g/mol. The number of nitriles is 1. The molecule has 4 nitrogen and oxygen atoms in total. The lowest BCUT2D eigenvalue weighted by Crippen LogP contribution is -2.22. The van der Waals surface area contributed by atoms with Gasteiger partial charge in [-0.05, 0) is 31.2 Å². The van der Waals surface area contributed by atoms with Crippen LogP contribution in [0, 0.1) is 11.3 Å². The Morgan fingerprint density at radius 3 is 2.84 bits per heavy atom. The fourth-order valence-corrected chi connectivity index (χ4v) is 1.66. The highest BCUT2D eigenvalue weighted by molar-refractivity contribution is 5.56. The molecule has 0 fully saturated rings. The molecule has 19 heavy (non-hydrogen) atoms. The summed E-state index contributed by atoms with van der Waals surface area (Å²) in [6.45, 7) is 5.13. The van der Waals surface area contributed by atoms with E-state index in [1.807, 2.05) is 30.3 Å². The van der Waals surface area contributed by atoms with E-state index in [0.29, 0.717) is 17.5 Å². The van der Waals surface area contributed by atoms with Crippen molar-refractivity contribution < 1.29 is 9.47 Å². The van der Waals surface area contributed by atoms with Crippen LogP contribution in [0.2, 0.25) is 0 Å². The van der Waals surface area contributed by atoms with Gasteiger partial charge in [0.1, 0.15) is 6.07 Å². The van der Waals surface area contributed by atoms with Crippen LogP contribution in [0.3, 0.4) is 0 Å². The molecule has 0 spiro atoms. The second kappa shape index (κ2) is 8.17. The van der Waals surface area contributed by atoms with E-state index in [1.54, 1.807) is 7.11 Å². The maximum Gasteiger partial charge on any atom is 0.174 e. The Labute approximate surface area is 114 Å². The fourth-order valence-electron chi connectivity index (χ4n) is 1.66. The quantitative estimate of drug-likeness (QED) is 0.818. The Kier molecular flexibility index (Phi) is 6.48. The van der Waals surface area contributed by atoms with Gasteiger partial charge in [-0.2, -0.15) is 5.26 Å². The highest BCUT2D eigenvalue weighted by Gasteiger charge is 2.04. The van der Waals surface area contributed by atoms with Crippen molar-refractivity contribution in [2.24, 2.45) is 0 Å². The molecule has 0 aliphatic rings.